The Morgan fingerprint density at radius 1 is 1.00 bits per heavy atom. The molecule has 3 rings (SSSR count). The Labute approximate surface area is 148 Å². The number of carbonyl (C=O) groups is 1. The van der Waals surface area contributed by atoms with Gasteiger partial charge in [-0.15, -0.1) is 0 Å². The van der Waals surface area contributed by atoms with Gasteiger partial charge in [0.2, 0.25) is 0 Å². The Morgan fingerprint density at radius 2 is 1.68 bits per heavy atom. The summed E-state index contributed by atoms with van der Waals surface area (Å²) in [4.78, 5) is 11.1. The summed E-state index contributed by atoms with van der Waals surface area (Å²) in [6.07, 6.45) is -4.75. The first-order chi connectivity index (χ1) is 11.6. The summed E-state index contributed by atoms with van der Waals surface area (Å²) in [7, 11) is 0. The summed E-state index contributed by atoms with van der Waals surface area (Å²) < 4.78 is 40.5. The van der Waals surface area contributed by atoms with E-state index in [1.54, 1.807) is 0 Å². The molecule has 9 heteroatoms. The zero-order valence-electron chi connectivity index (χ0n) is 12.1. The lowest BCUT2D eigenvalue weighted by Gasteiger charge is -2.12. The number of hydrogen-bond acceptors (Lipinski definition) is 2. The molecular weight excluding hydrogens is 382 g/mol. The zero-order valence-corrected chi connectivity index (χ0v) is 13.6. The molecule has 0 amide bonds. The van der Waals surface area contributed by atoms with Crippen LogP contribution in [0.1, 0.15) is 16.1 Å². The molecular formula is C16H8Cl2F3NO3. The van der Waals surface area contributed by atoms with E-state index in [0.717, 1.165) is 12.1 Å². The highest BCUT2D eigenvalue weighted by Gasteiger charge is 2.35. The summed E-state index contributed by atoms with van der Waals surface area (Å²) in [6, 6.07) is 7.17. The summed E-state index contributed by atoms with van der Waals surface area (Å²) in [5.41, 5.74) is -1.59. The van der Waals surface area contributed by atoms with E-state index in [9.17, 15) is 23.2 Å². The molecule has 25 heavy (non-hydrogen) atoms. The quantitative estimate of drug-likeness (QED) is 0.563. The number of fused-ring (bicyclic) bond motifs is 1. The Morgan fingerprint density at radius 3 is 2.24 bits per heavy atom. The Bertz CT molecular complexity index is 1010. The van der Waals surface area contributed by atoms with Crippen molar-refractivity contribution in [3.8, 4) is 11.1 Å². The van der Waals surface area contributed by atoms with Crippen LogP contribution in [0.2, 0.25) is 10.0 Å². The number of aromatic carboxylic acids is 1. The molecule has 0 atom stereocenters. The third kappa shape index (κ3) is 3.01. The third-order valence-electron chi connectivity index (χ3n) is 3.67. The van der Waals surface area contributed by atoms with Gasteiger partial charge in [-0.2, -0.15) is 17.9 Å². The average molecular weight is 390 g/mol. The summed E-state index contributed by atoms with van der Waals surface area (Å²) >= 11 is 11.7. The van der Waals surface area contributed by atoms with Gasteiger partial charge in [-0.25, -0.2) is 4.79 Å². The average Bonchev–Trinajstić information content (AvgIpc) is 2.85. The summed E-state index contributed by atoms with van der Waals surface area (Å²) in [5, 5.41) is 18.9. The van der Waals surface area contributed by atoms with Gasteiger partial charge in [0.15, 0.2) is 5.69 Å². The van der Waals surface area contributed by atoms with Gasteiger partial charge in [0.05, 0.1) is 21.1 Å². The van der Waals surface area contributed by atoms with Crippen molar-refractivity contribution in [3.63, 3.8) is 0 Å². The van der Waals surface area contributed by atoms with E-state index in [2.05, 4.69) is 0 Å². The fourth-order valence-electron chi connectivity index (χ4n) is 2.52. The maximum absolute atomic E-state index is 13.4. The fourth-order valence-corrected chi connectivity index (χ4v) is 2.82. The number of halogens is 5. The first kappa shape index (κ1) is 17.4. The molecule has 0 aliphatic carbocycles. The van der Waals surface area contributed by atoms with Crippen LogP contribution in [0.15, 0.2) is 36.4 Å². The molecule has 130 valence electrons. The highest BCUT2D eigenvalue weighted by atomic mass is 35.5. The highest BCUT2D eigenvalue weighted by Crippen LogP contribution is 2.40. The highest BCUT2D eigenvalue weighted by molar-refractivity contribution is 6.42. The molecule has 0 aliphatic rings. The Kier molecular flexibility index (Phi) is 4.09. The number of aromatic nitrogens is 1. The molecule has 0 aliphatic heterocycles. The lowest BCUT2D eigenvalue weighted by Crippen LogP contribution is -2.06. The number of hydrogen-bond donors (Lipinski definition) is 2. The second kappa shape index (κ2) is 5.86. The van der Waals surface area contributed by atoms with E-state index in [4.69, 9.17) is 28.3 Å². The molecule has 0 radical (unpaired) electrons. The van der Waals surface area contributed by atoms with Gasteiger partial charge in [-0.05, 0) is 41.5 Å². The number of benzene rings is 2. The first-order valence-corrected chi connectivity index (χ1v) is 7.50. The molecule has 1 aromatic heterocycles. The minimum atomic E-state index is -4.75. The van der Waals surface area contributed by atoms with Crippen LogP contribution in [-0.2, 0) is 6.18 Å². The molecule has 0 saturated carbocycles. The minimum absolute atomic E-state index is 0.101. The lowest BCUT2D eigenvalue weighted by molar-refractivity contribution is -0.136. The van der Waals surface area contributed by atoms with Gasteiger partial charge in [0.1, 0.15) is 0 Å². The number of carboxylic acids is 1. The molecule has 0 spiro atoms. The standard InChI is InChI=1S/C16H8Cl2F3NO3/c17-11-2-1-7(4-12(11)18)8-3-10(16(19,20)21)9-6-14(15(23)24)22(25)13(9)5-8/h1-6,25H,(H,23,24). The topological polar surface area (TPSA) is 62.5 Å². The van der Waals surface area contributed by atoms with Gasteiger partial charge in [-0.3, -0.25) is 0 Å². The van der Waals surface area contributed by atoms with Crippen molar-refractivity contribution < 1.29 is 28.3 Å². The maximum Gasteiger partial charge on any atom is 0.417 e. The maximum atomic E-state index is 13.4. The molecule has 0 bridgehead atoms. The van der Waals surface area contributed by atoms with Crippen molar-refractivity contribution >= 4 is 40.1 Å². The van der Waals surface area contributed by atoms with Crippen LogP contribution in [0.3, 0.4) is 0 Å². The molecule has 4 nitrogen and oxygen atoms in total. The van der Waals surface area contributed by atoms with Crippen molar-refractivity contribution in [1.82, 2.24) is 4.73 Å². The van der Waals surface area contributed by atoms with Crippen molar-refractivity contribution in [1.29, 1.82) is 0 Å². The minimum Gasteiger partial charge on any atom is -0.476 e. The molecule has 2 N–H and O–H groups in total. The van der Waals surface area contributed by atoms with E-state index >= 15 is 0 Å². The second-order valence-corrected chi connectivity index (χ2v) is 6.04. The van der Waals surface area contributed by atoms with Crippen molar-refractivity contribution in [2.45, 2.75) is 6.18 Å². The number of rotatable bonds is 2. The Balaban J connectivity index is 2.36. The van der Waals surface area contributed by atoms with Gasteiger partial charge < -0.3 is 10.3 Å². The normalized spacial score (nSPS) is 11.9. The van der Waals surface area contributed by atoms with Gasteiger partial charge in [0, 0.05) is 5.39 Å². The van der Waals surface area contributed by atoms with E-state index in [0.29, 0.717) is 5.56 Å². The monoisotopic (exact) mass is 389 g/mol. The lowest BCUT2D eigenvalue weighted by atomic mass is 10.00. The molecule has 0 saturated heterocycles. The summed E-state index contributed by atoms with van der Waals surface area (Å²) in [6.45, 7) is 0. The van der Waals surface area contributed by atoms with Crippen molar-refractivity contribution in [3.05, 3.63) is 57.7 Å². The Hall–Kier alpha value is -2.38. The molecule has 0 unspecified atom stereocenters. The second-order valence-electron chi connectivity index (χ2n) is 5.23. The van der Waals surface area contributed by atoms with Gasteiger partial charge >= 0.3 is 12.1 Å². The number of carboxylic acid groups (broad SMARTS) is 1. The number of alkyl halides is 3. The van der Waals surface area contributed by atoms with Crippen LogP contribution in [0.5, 0.6) is 0 Å². The van der Waals surface area contributed by atoms with Crippen molar-refractivity contribution in [2.75, 3.05) is 0 Å². The molecule has 1 heterocycles. The predicted molar refractivity (Wildman–Crippen MR) is 86.5 cm³/mol. The van der Waals surface area contributed by atoms with Crippen molar-refractivity contribution in [2.24, 2.45) is 0 Å². The van der Waals surface area contributed by atoms with Crippen LogP contribution in [0.4, 0.5) is 13.2 Å². The third-order valence-corrected chi connectivity index (χ3v) is 4.41. The van der Waals surface area contributed by atoms with Crippen LogP contribution >= 0.6 is 23.2 Å². The number of nitrogens with zero attached hydrogens (tertiary/aromatic N) is 1. The van der Waals surface area contributed by atoms with Gasteiger partial charge in [0.25, 0.3) is 0 Å². The molecule has 2 aromatic carbocycles. The molecule has 3 aromatic rings. The predicted octanol–water partition coefficient (Wildman–Crippen LogP) is 5.57. The summed E-state index contributed by atoms with van der Waals surface area (Å²) in [5.74, 6) is -1.55. The van der Waals surface area contributed by atoms with Crippen LogP contribution < -0.4 is 0 Å². The van der Waals surface area contributed by atoms with Gasteiger partial charge in [-0.1, -0.05) is 29.3 Å². The van der Waals surface area contributed by atoms with Crippen LogP contribution in [0.25, 0.3) is 22.0 Å². The first-order valence-electron chi connectivity index (χ1n) is 6.74. The molecule has 0 fully saturated rings. The SMILES string of the molecule is O=C(O)c1cc2c(C(F)(F)F)cc(-c3ccc(Cl)c(Cl)c3)cc2n1O. The smallest absolute Gasteiger partial charge is 0.417 e. The van der Waals surface area contributed by atoms with Crippen LogP contribution in [-0.4, -0.2) is 21.0 Å². The van der Waals surface area contributed by atoms with E-state index in [-0.39, 0.29) is 25.9 Å². The zero-order chi connectivity index (χ0) is 18.5. The van der Waals surface area contributed by atoms with E-state index in [1.807, 2.05) is 0 Å². The van der Waals surface area contributed by atoms with Crippen LogP contribution in [0, 0.1) is 0 Å². The van der Waals surface area contributed by atoms with E-state index < -0.39 is 28.8 Å². The largest absolute Gasteiger partial charge is 0.476 e. The van der Waals surface area contributed by atoms with E-state index in [1.165, 1.54) is 24.3 Å². The fraction of sp³-hybridized carbons (Fsp3) is 0.0625.